The lowest BCUT2D eigenvalue weighted by Crippen LogP contribution is -2.21. The van der Waals surface area contributed by atoms with Gasteiger partial charge in [-0.25, -0.2) is 5.53 Å². The van der Waals surface area contributed by atoms with Crippen molar-refractivity contribution >= 4 is 10.8 Å². The maximum Gasteiger partial charge on any atom is 0.129 e. The van der Waals surface area contributed by atoms with Crippen LogP contribution in [-0.4, -0.2) is 0 Å². The molecule has 18 heavy (non-hydrogen) atoms. The summed E-state index contributed by atoms with van der Waals surface area (Å²) in [5.74, 6) is 0. The fraction of sp³-hybridized carbons (Fsp3) is 0.125. The van der Waals surface area contributed by atoms with Crippen molar-refractivity contribution in [2.75, 3.05) is 0 Å². The highest BCUT2D eigenvalue weighted by atomic mass is 15.0. The number of hydrogen-bond donors (Lipinski definition) is 1. The van der Waals surface area contributed by atoms with Gasteiger partial charge in [0.2, 0.25) is 0 Å². The Labute approximate surface area is 106 Å². The van der Waals surface area contributed by atoms with Crippen molar-refractivity contribution in [3.8, 4) is 0 Å². The lowest BCUT2D eigenvalue weighted by Gasteiger charge is -2.27. The standard InChI is InChI=1S/C16H14N2/c17-18-16(11-4-1-5-12-16)15-10-6-8-13-7-2-3-9-14(13)15/h1-11,17H,12H2. The SMILES string of the molecule is N=NC1(c2cccc3ccccc23)C=CC=CC1. The molecule has 0 heterocycles. The molecule has 1 atom stereocenters. The van der Waals surface area contributed by atoms with Gasteiger partial charge in [-0.2, -0.15) is 5.11 Å². The molecule has 2 heteroatoms. The van der Waals surface area contributed by atoms with Crippen LogP contribution in [0.2, 0.25) is 0 Å². The van der Waals surface area contributed by atoms with Gasteiger partial charge in [-0.1, -0.05) is 66.8 Å². The zero-order valence-corrected chi connectivity index (χ0v) is 10.0. The summed E-state index contributed by atoms with van der Waals surface area (Å²) in [6.45, 7) is 0. The quantitative estimate of drug-likeness (QED) is 0.738. The Bertz CT molecular complexity index is 650. The van der Waals surface area contributed by atoms with E-state index in [0.29, 0.717) is 0 Å². The number of benzene rings is 2. The van der Waals surface area contributed by atoms with Gasteiger partial charge in [0.1, 0.15) is 5.54 Å². The molecule has 0 bridgehead atoms. The first-order valence-corrected chi connectivity index (χ1v) is 6.07. The fourth-order valence-corrected chi connectivity index (χ4v) is 2.55. The highest BCUT2D eigenvalue weighted by molar-refractivity contribution is 5.87. The summed E-state index contributed by atoms with van der Waals surface area (Å²) in [7, 11) is 0. The van der Waals surface area contributed by atoms with Gasteiger partial charge in [0, 0.05) is 6.42 Å². The lowest BCUT2D eigenvalue weighted by molar-refractivity contribution is 0.527. The van der Waals surface area contributed by atoms with Crippen LogP contribution in [0.15, 0.2) is 71.9 Å². The number of fused-ring (bicyclic) bond motifs is 1. The second kappa shape index (κ2) is 4.22. The van der Waals surface area contributed by atoms with Crippen molar-refractivity contribution in [3.63, 3.8) is 0 Å². The highest BCUT2D eigenvalue weighted by Crippen LogP contribution is 2.37. The summed E-state index contributed by atoms with van der Waals surface area (Å²) in [5, 5.41) is 6.28. The van der Waals surface area contributed by atoms with Gasteiger partial charge in [0.25, 0.3) is 0 Å². The van der Waals surface area contributed by atoms with Gasteiger partial charge in [0.15, 0.2) is 0 Å². The molecule has 3 rings (SSSR count). The number of nitrogens with one attached hydrogen (secondary N) is 1. The van der Waals surface area contributed by atoms with Gasteiger partial charge in [-0.05, 0) is 16.3 Å². The monoisotopic (exact) mass is 234 g/mol. The van der Waals surface area contributed by atoms with Gasteiger partial charge < -0.3 is 0 Å². The summed E-state index contributed by atoms with van der Waals surface area (Å²) in [4.78, 5) is 0. The minimum atomic E-state index is -0.532. The molecular weight excluding hydrogens is 220 g/mol. The molecule has 1 N–H and O–H groups in total. The molecule has 0 fully saturated rings. The van der Waals surface area contributed by atoms with Crippen LogP contribution >= 0.6 is 0 Å². The number of rotatable bonds is 2. The first-order chi connectivity index (χ1) is 8.86. The number of hydrogen-bond acceptors (Lipinski definition) is 2. The molecule has 0 aromatic heterocycles. The van der Waals surface area contributed by atoms with Crippen LogP contribution < -0.4 is 0 Å². The van der Waals surface area contributed by atoms with E-state index in [4.69, 9.17) is 5.53 Å². The summed E-state index contributed by atoms with van der Waals surface area (Å²) >= 11 is 0. The van der Waals surface area contributed by atoms with Crippen LogP contribution in [0.1, 0.15) is 12.0 Å². The van der Waals surface area contributed by atoms with Crippen LogP contribution in [0, 0.1) is 5.53 Å². The topological polar surface area (TPSA) is 36.2 Å². The molecule has 1 aliphatic carbocycles. The molecule has 2 nitrogen and oxygen atoms in total. The zero-order chi connectivity index (χ0) is 12.4. The summed E-state index contributed by atoms with van der Waals surface area (Å²) in [5.41, 5.74) is 8.17. The van der Waals surface area contributed by atoms with Crippen LogP contribution in [-0.2, 0) is 5.54 Å². The van der Waals surface area contributed by atoms with Crippen molar-refractivity contribution in [2.24, 2.45) is 5.11 Å². The largest absolute Gasteiger partial charge is 0.209 e. The smallest absolute Gasteiger partial charge is 0.129 e. The molecule has 0 saturated carbocycles. The van der Waals surface area contributed by atoms with Crippen molar-refractivity contribution in [1.82, 2.24) is 0 Å². The predicted octanol–water partition coefficient (Wildman–Crippen LogP) is 4.58. The first kappa shape index (κ1) is 10.9. The summed E-state index contributed by atoms with van der Waals surface area (Å²) in [6, 6.07) is 14.5. The van der Waals surface area contributed by atoms with E-state index in [-0.39, 0.29) is 0 Å². The zero-order valence-electron chi connectivity index (χ0n) is 10.0. The van der Waals surface area contributed by atoms with E-state index in [1.54, 1.807) is 0 Å². The molecule has 0 radical (unpaired) electrons. The molecule has 2 aromatic carbocycles. The lowest BCUT2D eigenvalue weighted by atomic mass is 9.82. The van der Waals surface area contributed by atoms with Gasteiger partial charge in [-0.3, -0.25) is 0 Å². The van der Waals surface area contributed by atoms with Crippen molar-refractivity contribution in [3.05, 3.63) is 72.3 Å². The van der Waals surface area contributed by atoms with Crippen LogP contribution in [0.4, 0.5) is 0 Å². The molecule has 0 spiro atoms. The van der Waals surface area contributed by atoms with Crippen molar-refractivity contribution in [2.45, 2.75) is 12.0 Å². The molecule has 1 unspecified atom stereocenters. The Hall–Kier alpha value is -2.22. The summed E-state index contributed by atoms with van der Waals surface area (Å²) < 4.78 is 0. The maximum atomic E-state index is 7.60. The number of nitrogens with zero attached hydrogens (tertiary/aromatic N) is 1. The third-order valence-electron chi connectivity index (χ3n) is 3.50. The number of allylic oxidation sites excluding steroid dienone is 2. The Kier molecular flexibility index (Phi) is 2.56. The van der Waals surface area contributed by atoms with E-state index in [1.165, 1.54) is 10.8 Å². The molecule has 0 aliphatic heterocycles. The second-order valence-corrected chi connectivity index (χ2v) is 4.55. The molecule has 88 valence electrons. The van der Waals surface area contributed by atoms with Gasteiger partial charge >= 0.3 is 0 Å². The Morgan fingerprint density at radius 3 is 2.61 bits per heavy atom. The third kappa shape index (κ3) is 1.58. The van der Waals surface area contributed by atoms with Crippen LogP contribution in [0.3, 0.4) is 0 Å². The fourth-order valence-electron chi connectivity index (χ4n) is 2.55. The van der Waals surface area contributed by atoms with E-state index >= 15 is 0 Å². The average molecular weight is 234 g/mol. The molecule has 2 aromatic rings. The Balaban J connectivity index is 2.28. The van der Waals surface area contributed by atoms with Gasteiger partial charge in [0.05, 0.1) is 0 Å². The molecule has 0 amide bonds. The minimum absolute atomic E-state index is 0.532. The minimum Gasteiger partial charge on any atom is -0.209 e. The van der Waals surface area contributed by atoms with E-state index in [9.17, 15) is 0 Å². The van der Waals surface area contributed by atoms with E-state index in [1.807, 2.05) is 36.4 Å². The summed E-state index contributed by atoms with van der Waals surface area (Å²) in [6.07, 6.45) is 8.82. The average Bonchev–Trinajstić information content (AvgIpc) is 2.47. The van der Waals surface area contributed by atoms with Crippen molar-refractivity contribution < 1.29 is 0 Å². The second-order valence-electron chi connectivity index (χ2n) is 4.55. The molecule has 1 aliphatic rings. The normalized spacial score (nSPS) is 22.2. The third-order valence-corrected chi connectivity index (χ3v) is 3.50. The van der Waals surface area contributed by atoms with Crippen LogP contribution in [0.5, 0.6) is 0 Å². The first-order valence-electron chi connectivity index (χ1n) is 6.07. The molecular formula is C16H14N2. The highest BCUT2D eigenvalue weighted by Gasteiger charge is 2.30. The van der Waals surface area contributed by atoms with Crippen LogP contribution in [0.25, 0.3) is 10.8 Å². The van der Waals surface area contributed by atoms with E-state index in [0.717, 1.165) is 12.0 Å². The maximum absolute atomic E-state index is 7.60. The van der Waals surface area contributed by atoms with E-state index < -0.39 is 5.54 Å². The predicted molar refractivity (Wildman–Crippen MR) is 73.7 cm³/mol. The van der Waals surface area contributed by atoms with Crippen molar-refractivity contribution in [1.29, 1.82) is 5.53 Å². The Morgan fingerprint density at radius 2 is 1.83 bits per heavy atom. The Morgan fingerprint density at radius 1 is 1.00 bits per heavy atom. The van der Waals surface area contributed by atoms with E-state index in [2.05, 4.69) is 35.5 Å². The van der Waals surface area contributed by atoms with Gasteiger partial charge in [-0.15, -0.1) is 0 Å². The molecule has 0 saturated heterocycles.